The van der Waals surface area contributed by atoms with Crippen molar-refractivity contribution in [2.75, 3.05) is 13.2 Å². The van der Waals surface area contributed by atoms with E-state index in [0.29, 0.717) is 12.2 Å². The van der Waals surface area contributed by atoms with Gasteiger partial charge in [0.05, 0.1) is 6.61 Å². The Morgan fingerprint density at radius 2 is 2.38 bits per heavy atom. The maximum absolute atomic E-state index is 13.1. The number of phenolic OH excluding ortho intramolecular Hbond substituents is 1. The van der Waals surface area contributed by atoms with Gasteiger partial charge in [-0.1, -0.05) is 0 Å². The third-order valence-corrected chi connectivity index (χ3v) is 2.87. The number of nitrogens with one attached hydrogen (secondary N) is 1. The molecular formula is C12H16FNO2. The third kappa shape index (κ3) is 2.51. The van der Waals surface area contributed by atoms with E-state index in [1.165, 1.54) is 18.2 Å². The molecule has 88 valence electrons. The zero-order valence-electron chi connectivity index (χ0n) is 9.24. The molecule has 1 aromatic carbocycles. The van der Waals surface area contributed by atoms with Crippen LogP contribution in [0.3, 0.4) is 0 Å². The summed E-state index contributed by atoms with van der Waals surface area (Å²) in [5.74, 6) is -0.204. The van der Waals surface area contributed by atoms with Gasteiger partial charge < -0.3 is 15.2 Å². The van der Waals surface area contributed by atoms with Crippen molar-refractivity contribution in [3.8, 4) is 5.75 Å². The first kappa shape index (κ1) is 11.4. The molecule has 0 saturated carbocycles. The third-order valence-electron chi connectivity index (χ3n) is 2.87. The average Bonchev–Trinajstić information content (AvgIpc) is 2.74. The highest BCUT2D eigenvalue weighted by atomic mass is 19.1. The van der Waals surface area contributed by atoms with E-state index >= 15 is 0 Å². The molecule has 0 spiro atoms. The van der Waals surface area contributed by atoms with E-state index in [2.05, 4.69) is 5.32 Å². The Kier molecular flexibility index (Phi) is 3.41. The summed E-state index contributed by atoms with van der Waals surface area (Å²) in [6.07, 6.45) is 0.959. The molecule has 1 heterocycles. The van der Waals surface area contributed by atoms with Crippen LogP contribution in [0, 0.1) is 5.82 Å². The summed E-state index contributed by atoms with van der Waals surface area (Å²) >= 11 is 0. The second-order valence-electron chi connectivity index (χ2n) is 4.15. The van der Waals surface area contributed by atoms with Crippen molar-refractivity contribution in [3.05, 3.63) is 29.6 Å². The van der Waals surface area contributed by atoms with Crippen LogP contribution in [0.25, 0.3) is 0 Å². The first-order chi connectivity index (χ1) is 7.66. The van der Waals surface area contributed by atoms with E-state index < -0.39 is 0 Å². The lowest BCUT2D eigenvalue weighted by Crippen LogP contribution is -2.31. The minimum atomic E-state index is -0.330. The molecule has 0 radical (unpaired) electrons. The van der Waals surface area contributed by atoms with Crippen LogP contribution in [0.15, 0.2) is 18.2 Å². The van der Waals surface area contributed by atoms with Crippen molar-refractivity contribution < 1.29 is 14.2 Å². The molecule has 2 unspecified atom stereocenters. The van der Waals surface area contributed by atoms with Crippen molar-refractivity contribution in [2.24, 2.45) is 0 Å². The molecule has 1 aromatic rings. The summed E-state index contributed by atoms with van der Waals surface area (Å²) in [4.78, 5) is 0. The molecule has 16 heavy (non-hydrogen) atoms. The number of phenols is 1. The Morgan fingerprint density at radius 3 is 3.06 bits per heavy atom. The lowest BCUT2D eigenvalue weighted by Gasteiger charge is -2.19. The lowest BCUT2D eigenvalue weighted by molar-refractivity contribution is 0.188. The van der Waals surface area contributed by atoms with Gasteiger partial charge in [0.2, 0.25) is 0 Å². The number of hydrogen-bond donors (Lipinski definition) is 2. The van der Waals surface area contributed by atoms with Crippen molar-refractivity contribution in [1.29, 1.82) is 0 Å². The van der Waals surface area contributed by atoms with Gasteiger partial charge in [-0.05, 0) is 31.5 Å². The molecule has 0 bridgehead atoms. The SMILES string of the molecule is CC(NC1CCOC1)c1cc(F)ccc1O. The lowest BCUT2D eigenvalue weighted by atomic mass is 10.1. The van der Waals surface area contributed by atoms with Crippen LogP contribution in [0.1, 0.15) is 24.9 Å². The maximum Gasteiger partial charge on any atom is 0.123 e. The number of halogens is 1. The summed E-state index contributed by atoms with van der Waals surface area (Å²) in [5, 5.41) is 13.0. The molecule has 1 aliphatic rings. The zero-order valence-corrected chi connectivity index (χ0v) is 9.24. The van der Waals surface area contributed by atoms with Gasteiger partial charge in [-0.25, -0.2) is 4.39 Å². The molecule has 2 atom stereocenters. The first-order valence-corrected chi connectivity index (χ1v) is 5.49. The Bertz CT molecular complexity index is 364. The highest BCUT2D eigenvalue weighted by Crippen LogP contribution is 2.25. The van der Waals surface area contributed by atoms with Crippen LogP contribution < -0.4 is 5.32 Å². The first-order valence-electron chi connectivity index (χ1n) is 5.49. The van der Waals surface area contributed by atoms with E-state index in [0.717, 1.165) is 13.0 Å². The van der Waals surface area contributed by atoms with Crippen LogP contribution in [0.2, 0.25) is 0 Å². The summed E-state index contributed by atoms with van der Waals surface area (Å²) in [5.41, 5.74) is 0.590. The quantitative estimate of drug-likeness (QED) is 0.826. The summed E-state index contributed by atoms with van der Waals surface area (Å²) in [7, 11) is 0. The number of benzene rings is 1. The van der Waals surface area contributed by atoms with Crippen molar-refractivity contribution in [1.82, 2.24) is 5.32 Å². The van der Waals surface area contributed by atoms with Gasteiger partial charge in [0, 0.05) is 24.3 Å². The Hall–Kier alpha value is -1.13. The van der Waals surface area contributed by atoms with Gasteiger partial charge in [-0.15, -0.1) is 0 Å². The fourth-order valence-corrected chi connectivity index (χ4v) is 1.98. The fourth-order valence-electron chi connectivity index (χ4n) is 1.98. The normalized spacial score (nSPS) is 22.2. The van der Waals surface area contributed by atoms with Gasteiger partial charge in [0.15, 0.2) is 0 Å². The van der Waals surface area contributed by atoms with E-state index in [1.807, 2.05) is 6.92 Å². The molecule has 1 aliphatic heterocycles. The maximum atomic E-state index is 13.1. The van der Waals surface area contributed by atoms with Crippen LogP contribution in [-0.2, 0) is 4.74 Å². The van der Waals surface area contributed by atoms with Gasteiger partial charge in [0.25, 0.3) is 0 Å². The highest BCUT2D eigenvalue weighted by molar-refractivity contribution is 5.34. The summed E-state index contributed by atoms with van der Waals surface area (Å²) in [6.45, 7) is 3.35. The minimum absolute atomic E-state index is 0.0811. The predicted molar refractivity (Wildman–Crippen MR) is 58.8 cm³/mol. The fraction of sp³-hybridized carbons (Fsp3) is 0.500. The van der Waals surface area contributed by atoms with Crippen LogP contribution >= 0.6 is 0 Å². The van der Waals surface area contributed by atoms with Crippen molar-refractivity contribution in [3.63, 3.8) is 0 Å². The van der Waals surface area contributed by atoms with Crippen molar-refractivity contribution >= 4 is 0 Å². The van der Waals surface area contributed by atoms with E-state index in [1.54, 1.807) is 0 Å². The molecule has 4 heteroatoms. The number of ether oxygens (including phenoxy) is 1. The Balaban J connectivity index is 2.07. The van der Waals surface area contributed by atoms with Gasteiger partial charge in [-0.3, -0.25) is 0 Å². The topological polar surface area (TPSA) is 41.5 Å². The minimum Gasteiger partial charge on any atom is -0.508 e. The van der Waals surface area contributed by atoms with Crippen molar-refractivity contribution in [2.45, 2.75) is 25.4 Å². The monoisotopic (exact) mass is 225 g/mol. The second kappa shape index (κ2) is 4.80. The molecule has 0 aliphatic carbocycles. The zero-order chi connectivity index (χ0) is 11.5. The Morgan fingerprint density at radius 1 is 1.56 bits per heavy atom. The molecule has 0 amide bonds. The molecule has 0 aromatic heterocycles. The smallest absolute Gasteiger partial charge is 0.123 e. The second-order valence-corrected chi connectivity index (χ2v) is 4.15. The highest BCUT2D eigenvalue weighted by Gasteiger charge is 2.19. The number of rotatable bonds is 3. The molecule has 3 nitrogen and oxygen atoms in total. The Labute approximate surface area is 94.2 Å². The van der Waals surface area contributed by atoms with Gasteiger partial charge in [-0.2, -0.15) is 0 Å². The summed E-state index contributed by atoms with van der Waals surface area (Å²) in [6, 6.07) is 4.21. The number of aromatic hydroxyl groups is 1. The van der Waals surface area contributed by atoms with Gasteiger partial charge >= 0.3 is 0 Å². The largest absolute Gasteiger partial charge is 0.508 e. The average molecular weight is 225 g/mol. The summed E-state index contributed by atoms with van der Waals surface area (Å²) < 4.78 is 18.3. The molecular weight excluding hydrogens is 209 g/mol. The standard InChI is InChI=1S/C12H16FNO2/c1-8(14-10-4-5-16-7-10)11-6-9(13)2-3-12(11)15/h2-3,6,8,10,14-15H,4-5,7H2,1H3. The van der Waals surface area contributed by atoms with E-state index in [4.69, 9.17) is 4.74 Å². The predicted octanol–water partition coefficient (Wildman–Crippen LogP) is 1.97. The van der Waals surface area contributed by atoms with Crippen LogP contribution in [0.5, 0.6) is 5.75 Å². The van der Waals surface area contributed by atoms with Crippen LogP contribution in [0.4, 0.5) is 4.39 Å². The number of hydrogen-bond acceptors (Lipinski definition) is 3. The van der Waals surface area contributed by atoms with Gasteiger partial charge in [0.1, 0.15) is 11.6 Å². The molecule has 2 N–H and O–H groups in total. The molecule has 2 rings (SSSR count). The molecule has 1 saturated heterocycles. The van der Waals surface area contributed by atoms with E-state index in [9.17, 15) is 9.50 Å². The molecule has 1 fully saturated rings. The van der Waals surface area contributed by atoms with E-state index in [-0.39, 0.29) is 23.7 Å². The van der Waals surface area contributed by atoms with Crippen LogP contribution in [-0.4, -0.2) is 24.4 Å².